The molecule has 1 aromatic carbocycles. The molecule has 2 aromatic rings. The van der Waals surface area contributed by atoms with E-state index in [-0.39, 0.29) is 11.7 Å². The summed E-state index contributed by atoms with van der Waals surface area (Å²) in [5.41, 5.74) is 0.861. The number of hydrogen-bond donors (Lipinski definition) is 1. The molecule has 0 saturated carbocycles. The van der Waals surface area contributed by atoms with Crippen molar-refractivity contribution in [2.24, 2.45) is 0 Å². The first-order valence-electron chi connectivity index (χ1n) is 6.99. The van der Waals surface area contributed by atoms with Gasteiger partial charge in [0.05, 0.1) is 16.3 Å². The van der Waals surface area contributed by atoms with E-state index in [1.54, 1.807) is 12.1 Å². The normalized spacial score (nSPS) is 11.2. The van der Waals surface area contributed by atoms with E-state index >= 15 is 0 Å². The molecule has 0 fully saturated rings. The standard InChI is InChI=1S/C16H16F3N3OS/c1-22(2)13-6-4-12(5-7-13)21-14(23)10-24-15-8-3-11(9-20-15)16(17,18)19/h3-9H,10H2,1-2H3,(H,21,23). The number of hydrogen-bond acceptors (Lipinski definition) is 4. The van der Waals surface area contributed by atoms with Crippen LogP contribution in [0.5, 0.6) is 0 Å². The number of anilines is 2. The minimum Gasteiger partial charge on any atom is -0.378 e. The first kappa shape index (κ1) is 18.1. The maximum absolute atomic E-state index is 12.4. The van der Waals surface area contributed by atoms with Gasteiger partial charge in [-0.2, -0.15) is 13.2 Å². The topological polar surface area (TPSA) is 45.2 Å². The number of halogens is 3. The summed E-state index contributed by atoms with van der Waals surface area (Å²) in [4.78, 5) is 17.5. The molecule has 1 amide bonds. The van der Waals surface area contributed by atoms with Crippen molar-refractivity contribution in [1.82, 2.24) is 4.98 Å². The van der Waals surface area contributed by atoms with E-state index < -0.39 is 11.7 Å². The van der Waals surface area contributed by atoms with Gasteiger partial charge in [0.25, 0.3) is 0 Å². The zero-order valence-corrected chi connectivity index (χ0v) is 13.9. The monoisotopic (exact) mass is 355 g/mol. The minimum absolute atomic E-state index is 0.0633. The molecule has 0 radical (unpaired) electrons. The van der Waals surface area contributed by atoms with Crippen LogP contribution in [0.3, 0.4) is 0 Å². The Labute approximate surface area is 142 Å². The third kappa shape index (κ3) is 5.16. The van der Waals surface area contributed by atoms with Crippen molar-refractivity contribution in [3.05, 3.63) is 48.2 Å². The number of nitrogens with zero attached hydrogens (tertiary/aromatic N) is 2. The lowest BCUT2D eigenvalue weighted by molar-refractivity contribution is -0.137. The van der Waals surface area contributed by atoms with Gasteiger partial charge in [-0.15, -0.1) is 0 Å². The fraction of sp³-hybridized carbons (Fsp3) is 0.250. The molecule has 0 aliphatic carbocycles. The highest BCUT2D eigenvalue weighted by Gasteiger charge is 2.30. The number of aromatic nitrogens is 1. The Balaban J connectivity index is 1.86. The third-order valence-corrected chi connectivity index (χ3v) is 4.03. The molecule has 1 heterocycles. The summed E-state index contributed by atoms with van der Waals surface area (Å²) in [5.74, 6) is -0.187. The third-order valence-electron chi connectivity index (χ3n) is 3.08. The van der Waals surface area contributed by atoms with Gasteiger partial charge in [0, 0.05) is 31.7 Å². The molecule has 24 heavy (non-hydrogen) atoms. The lowest BCUT2D eigenvalue weighted by Gasteiger charge is -2.13. The van der Waals surface area contributed by atoms with Crippen molar-refractivity contribution < 1.29 is 18.0 Å². The van der Waals surface area contributed by atoms with Crippen LogP contribution >= 0.6 is 11.8 Å². The van der Waals surface area contributed by atoms with E-state index in [1.165, 1.54) is 6.07 Å². The van der Waals surface area contributed by atoms with Gasteiger partial charge in [-0.1, -0.05) is 11.8 Å². The molecule has 0 aliphatic rings. The largest absolute Gasteiger partial charge is 0.417 e. The minimum atomic E-state index is -4.41. The van der Waals surface area contributed by atoms with Crippen LogP contribution in [0.1, 0.15) is 5.56 Å². The molecule has 2 rings (SSSR count). The second-order valence-corrected chi connectivity index (χ2v) is 6.16. The van der Waals surface area contributed by atoms with Crippen LogP contribution in [0.2, 0.25) is 0 Å². The van der Waals surface area contributed by atoms with E-state index in [4.69, 9.17) is 0 Å². The zero-order chi connectivity index (χ0) is 17.7. The second kappa shape index (κ2) is 7.57. The molecule has 0 aliphatic heterocycles. The van der Waals surface area contributed by atoms with E-state index in [2.05, 4.69) is 10.3 Å². The molecule has 0 spiro atoms. The number of thioether (sulfide) groups is 1. The zero-order valence-electron chi connectivity index (χ0n) is 13.1. The molecule has 128 valence electrons. The Bertz CT molecular complexity index is 685. The smallest absolute Gasteiger partial charge is 0.378 e. The van der Waals surface area contributed by atoms with Gasteiger partial charge in [-0.3, -0.25) is 4.79 Å². The van der Waals surface area contributed by atoms with E-state index in [9.17, 15) is 18.0 Å². The lowest BCUT2D eigenvalue weighted by Crippen LogP contribution is -2.14. The van der Waals surface area contributed by atoms with E-state index in [0.717, 1.165) is 29.7 Å². The molecule has 8 heteroatoms. The Hall–Kier alpha value is -2.22. The van der Waals surface area contributed by atoms with Gasteiger partial charge in [0.1, 0.15) is 0 Å². The number of benzene rings is 1. The number of carbonyl (C=O) groups excluding carboxylic acids is 1. The molecule has 0 atom stereocenters. The van der Waals surface area contributed by atoms with Gasteiger partial charge in [0.2, 0.25) is 5.91 Å². The fourth-order valence-electron chi connectivity index (χ4n) is 1.81. The van der Waals surface area contributed by atoms with E-state index in [0.29, 0.717) is 10.7 Å². The summed E-state index contributed by atoms with van der Waals surface area (Å²) in [7, 11) is 3.84. The van der Waals surface area contributed by atoms with Crippen LogP contribution < -0.4 is 10.2 Å². The first-order chi connectivity index (χ1) is 11.3. The Morgan fingerprint density at radius 3 is 2.33 bits per heavy atom. The quantitative estimate of drug-likeness (QED) is 0.827. The Kier molecular flexibility index (Phi) is 5.71. The summed E-state index contributed by atoms with van der Waals surface area (Å²) in [6.07, 6.45) is -3.65. The SMILES string of the molecule is CN(C)c1ccc(NC(=O)CSc2ccc(C(F)(F)F)cn2)cc1. The number of rotatable bonds is 5. The van der Waals surface area contributed by atoms with Crippen molar-refractivity contribution in [1.29, 1.82) is 0 Å². The van der Waals surface area contributed by atoms with Crippen molar-refractivity contribution >= 4 is 29.0 Å². The lowest BCUT2D eigenvalue weighted by atomic mass is 10.2. The summed E-state index contributed by atoms with van der Waals surface area (Å²) in [5, 5.41) is 3.09. The summed E-state index contributed by atoms with van der Waals surface area (Å²) in [6.45, 7) is 0. The molecule has 0 bridgehead atoms. The molecule has 1 aromatic heterocycles. The van der Waals surface area contributed by atoms with Gasteiger partial charge in [-0.25, -0.2) is 4.98 Å². The molecule has 0 saturated heterocycles. The van der Waals surface area contributed by atoms with Crippen LogP contribution in [0.15, 0.2) is 47.6 Å². The maximum atomic E-state index is 12.4. The van der Waals surface area contributed by atoms with Gasteiger partial charge < -0.3 is 10.2 Å². The van der Waals surface area contributed by atoms with Gasteiger partial charge >= 0.3 is 6.18 Å². The van der Waals surface area contributed by atoms with Crippen LogP contribution in [0, 0.1) is 0 Å². The average Bonchev–Trinajstić information content (AvgIpc) is 2.53. The molecular formula is C16H16F3N3OS. The highest BCUT2D eigenvalue weighted by molar-refractivity contribution is 7.99. The molecule has 0 unspecified atom stereocenters. The second-order valence-electron chi connectivity index (χ2n) is 5.16. The maximum Gasteiger partial charge on any atom is 0.417 e. The predicted molar refractivity (Wildman–Crippen MR) is 89.4 cm³/mol. The number of alkyl halides is 3. The Morgan fingerprint density at radius 2 is 1.83 bits per heavy atom. The molecule has 1 N–H and O–H groups in total. The van der Waals surface area contributed by atoms with Gasteiger partial charge in [-0.05, 0) is 36.4 Å². The molecule has 4 nitrogen and oxygen atoms in total. The Morgan fingerprint density at radius 1 is 1.17 bits per heavy atom. The summed E-state index contributed by atoms with van der Waals surface area (Å²) in [6, 6.07) is 9.53. The van der Waals surface area contributed by atoms with Crippen LogP contribution in [0.25, 0.3) is 0 Å². The van der Waals surface area contributed by atoms with Crippen molar-refractivity contribution in [3.8, 4) is 0 Å². The highest BCUT2D eigenvalue weighted by Crippen LogP contribution is 2.29. The van der Waals surface area contributed by atoms with Crippen molar-refractivity contribution in [2.45, 2.75) is 11.2 Å². The average molecular weight is 355 g/mol. The van der Waals surface area contributed by atoms with Crippen molar-refractivity contribution in [2.75, 3.05) is 30.1 Å². The summed E-state index contributed by atoms with van der Waals surface area (Å²) >= 11 is 1.08. The van der Waals surface area contributed by atoms with Crippen LogP contribution in [-0.2, 0) is 11.0 Å². The van der Waals surface area contributed by atoms with Crippen LogP contribution in [0.4, 0.5) is 24.5 Å². The number of amides is 1. The highest BCUT2D eigenvalue weighted by atomic mass is 32.2. The van der Waals surface area contributed by atoms with Crippen LogP contribution in [-0.4, -0.2) is 30.7 Å². The molecular weight excluding hydrogens is 339 g/mol. The first-order valence-corrected chi connectivity index (χ1v) is 7.97. The van der Waals surface area contributed by atoms with E-state index in [1.807, 2.05) is 31.1 Å². The summed E-state index contributed by atoms with van der Waals surface area (Å²) < 4.78 is 37.3. The van der Waals surface area contributed by atoms with Gasteiger partial charge in [0.15, 0.2) is 0 Å². The predicted octanol–water partition coefficient (Wildman–Crippen LogP) is 3.90. The number of carbonyl (C=O) groups is 1. The fourth-order valence-corrected chi connectivity index (χ4v) is 2.46. The number of pyridine rings is 1. The van der Waals surface area contributed by atoms with Crippen molar-refractivity contribution in [3.63, 3.8) is 0 Å². The number of nitrogens with one attached hydrogen (secondary N) is 1.